The highest BCUT2D eigenvalue weighted by atomic mass is 32.2. The Labute approximate surface area is 185 Å². The van der Waals surface area contributed by atoms with Gasteiger partial charge in [0.1, 0.15) is 5.54 Å². The molecule has 160 valence electrons. The van der Waals surface area contributed by atoms with Gasteiger partial charge in [-0.25, -0.2) is 4.79 Å². The first kappa shape index (κ1) is 23.9. The lowest BCUT2D eigenvalue weighted by atomic mass is 10.0. The standard InChI is InChI=1S/C25H32N2O2S/c1-6-9-15-23(26-29-24(28)25(4,5)27(7-2)8-3)20-16-18-22(19-17-20)30-21-13-11-10-12-14-21/h6,10-14,16-19H,1,7-9,15H2,2-5H3/b26-23+. The van der Waals surface area contributed by atoms with Crippen LogP contribution in [0, 0.1) is 0 Å². The van der Waals surface area contributed by atoms with Gasteiger partial charge in [0.25, 0.3) is 0 Å². The molecular formula is C25H32N2O2S. The Hall–Kier alpha value is -2.37. The molecule has 0 saturated carbocycles. The van der Waals surface area contributed by atoms with E-state index in [1.165, 1.54) is 4.90 Å². The summed E-state index contributed by atoms with van der Waals surface area (Å²) in [5.74, 6) is -0.349. The minimum absolute atomic E-state index is 0.349. The Balaban J connectivity index is 2.16. The van der Waals surface area contributed by atoms with E-state index in [2.05, 4.69) is 40.9 Å². The average Bonchev–Trinajstić information content (AvgIpc) is 2.75. The maximum atomic E-state index is 12.7. The van der Waals surface area contributed by atoms with Crippen LogP contribution < -0.4 is 0 Å². The topological polar surface area (TPSA) is 41.9 Å². The fourth-order valence-corrected chi connectivity index (χ4v) is 4.01. The largest absolute Gasteiger partial charge is 0.354 e. The summed E-state index contributed by atoms with van der Waals surface area (Å²) in [6.07, 6.45) is 3.26. The van der Waals surface area contributed by atoms with Crippen LogP contribution in [0.3, 0.4) is 0 Å². The molecule has 2 aromatic rings. The molecule has 5 heteroatoms. The van der Waals surface area contributed by atoms with Crippen LogP contribution in [0.5, 0.6) is 0 Å². The average molecular weight is 425 g/mol. The van der Waals surface area contributed by atoms with Crippen LogP contribution >= 0.6 is 11.8 Å². The summed E-state index contributed by atoms with van der Waals surface area (Å²) in [6, 6.07) is 18.4. The molecule has 0 radical (unpaired) electrons. The van der Waals surface area contributed by atoms with Gasteiger partial charge in [-0.2, -0.15) is 0 Å². The minimum Gasteiger partial charge on any atom is -0.316 e. The Morgan fingerprint density at radius 1 is 1.07 bits per heavy atom. The van der Waals surface area contributed by atoms with Gasteiger partial charge in [0.2, 0.25) is 0 Å². The smallest absolute Gasteiger partial charge is 0.316 e. The number of hydrogen-bond donors (Lipinski definition) is 0. The maximum Gasteiger partial charge on any atom is 0.354 e. The SMILES string of the molecule is C=CCC/C(=N\OC(=O)C(C)(C)N(CC)CC)c1ccc(Sc2ccccc2)cc1. The van der Waals surface area contributed by atoms with E-state index in [-0.39, 0.29) is 5.97 Å². The fraction of sp³-hybridized carbons (Fsp3) is 0.360. The third kappa shape index (κ3) is 6.57. The van der Waals surface area contributed by atoms with Crippen molar-refractivity contribution in [1.29, 1.82) is 0 Å². The van der Waals surface area contributed by atoms with Gasteiger partial charge in [-0.15, -0.1) is 6.58 Å². The van der Waals surface area contributed by atoms with Crippen LogP contribution in [0.4, 0.5) is 0 Å². The van der Waals surface area contributed by atoms with E-state index in [4.69, 9.17) is 4.84 Å². The van der Waals surface area contributed by atoms with Crippen molar-refractivity contribution >= 4 is 23.4 Å². The third-order valence-corrected chi connectivity index (χ3v) is 6.06. The number of benzene rings is 2. The highest BCUT2D eigenvalue weighted by molar-refractivity contribution is 7.99. The summed E-state index contributed by atoms with van der Waals surface area (Å²) >= 11 is 1.71. The summed E-state index contributed by atoms with van der Waals surface area (Å²) in [7, 11) is 0. The van der Waals surface area contributed by atoms with E-state index >= 15 is 0 Å². The minimum atomic E-state index is -0.729. The highest BCUT2D eigenvalue weighted by Gasteiger charge is 2.35. The third-order valence-electron chi connectivity index (χ3n) is 5.04. The summed E-state index contributed by atoms with van der Waals surface area (Å²) in [4.78, 5) is 22.5. The van der Waals surface area contributed by atoms with Crippen molar-refractivity contribution in [3.8, 4) is 0 Å². The van der Waals surface area contributed by atoms with Gasteiger partial charge in [0.05, 0.1) is 5.71 Å². The van der Waals surface area contributed by atoms with E-state index in [1.807, 2.05) is 64.1 Å². The summed E-state index contributed by atoms with van der Waals surface area (Å²) in [5.41, 5.74) is 0.963. The first-order valence-corrected chi connectivity index (χ1v) is 11.2. The monoisotopic (exact) mass is 424 g/mol. The van der Waals surface area contributed by atoms with E-state index in [1.54, 1.807) is 11.8 Å². The Bertz CT molecular complexity index is 841. The molecule has 0 saturated heterocycles. The van der Waals surface area contributed by atoms with Crippen molar-refractivity contribution in [2.75, 3.05) is 13.1 Å². The second-order valence-corrected chi connectivity index (χ2v) is 8.56. The van der Waals surface area contributed by atoms with Crippen molar-refractivity contribution in [2.45, 2.75) is 55.9 Å². The second kappa shape index (κ2) is 11.7. The van der Waals surface area contributed by atoms with Crippen LogP contribution in [0.25, 0.3) is 0 Å². The highest BCUT2D eigenvalue weighted by Crippen LogP contribution is 2.27. The van der Waals surface area contributed by atoms with Crippen molar-refractivity contribution in [3.05, 3.63) is 72.8 Å². The van der Waals surface area contributed by atoms with E-state index in [0.29, 0.717) is 6.42 Å². The fourth-order valence-electron chi connectivity index (χ4n) is 3.17. The molecule has 0 N–H and O–H groups in total. The van der Waals surface area contributed by atoms with Crippen molar-refractivity contribution in [3.63, 3.8) is 0 Å². The molecule has 0 amide bonds. The number of hydrogen-bond acceptors (Lipinski definition) is 5. The number of nitrogens with zero attached hydrogens (tertiary/aromatic N) is 2. The number of carbonyl (C=O) groups is 1. The van der Waals surface area contributed by atoms with Gasteiger partial charge in [-0.05, 0) is 69.6 Å². The molecule has 0 bridgehead atoms. The molecule has 0 aliphatic heterocycles. The normalized spacial score (nSPS) is 12.1. The molecular weight excluding hydrogens is 392 g/mol. The molecule has 0 aliphatic rings. The lowest BCUT2D eigenvalue weighted by Gasteiger charge is -2.33. The molecule has 30 heavy (non-hydrogen) atoms. The molecule has 0 aromatic heterocycles. The van der Waals surface area contributed by atoms with Crippen molar-refractivity contribution in [1.82, 2.24) is 4.90 Å². The number of carbonyl (C=O) groups excluding carboxylic acids is 1. The van der Waals surface area contributed by atoms with Crippen LogP contribution in [0.1, 0.15) is 46.1 Å². The van der Waals surface area contributed by atoms with Gasteiger partial charge in [-0.1, -0.05) is 67.2 Å². The number of oxime groups is 1. The number of rotatable bonds is 11. The van der Waals surface area contributed by atoms with Gasteiger partial charge in [0.15, 0.2) is 0 Å². The van der Waals surface area contributed by atoms with E-state index < -0.39 is 5.54 Å². The Kier molecular flexibility index (Phi) is 9.34. The number of likely N-dealkylation sites (N-methyl/N-ethyl adjacent to an activating group) is 1. The van der Waals surface area contributed by atoms with Crippen LogP contribution in [-0.2, 0) is 9.63 Å². The summed E-state index contributed by atoms with van der Waals surface area (Å²) < 4.78 is 0. The summed E-state index contributed by atoms with van der Waals surface area (Å²) in [5, 5.41) is 4.25. The molecule has 0 aliphatic carbocycles. The lowest BCUT2D eigenvalue weighted by Crippen LogP contribution is -2.50. The summed E-state index contributed by atoms with van der Waals surface area (Å²) in [6.45, 7) is 13.1. The molecule has 0 unspecified atom stereocenters. The van der Waals surface area contributed by atoms with Gasteiger partial charge in [-0.3, -0.25) is 4.90 Å². The van der Waals surface area contributed by atoms with Crippen LogP contribution in [0.2, 0.25) is 0 Å². The van der Waals surface area contributed by atoms with E-state index in [0.717, 1.165) is 35.7 Å². The zero-order chi connectivity index (χ0) is 22.0. The van der Waals surface area contributed by atoms with Crippen LogP contribution in [0.15, 0.2) is 82.2 Å². The Morgan fingerprint density at radius 2 is 1.67 bits per heavy atom. The molecule has 0 spiro atoms. The predicted octanol–water partition coefficient (Wildman–Crippen LogP) is 6.17. The van der Waals surface area contributed by atoms with Crippen LogP contribution in [-0.4, -0.2) is 35.2 Å². The molecule has 2 aromatic carbocycles. The first-order chi connectivity index (χ1) is 14.4. The molecule has 0 atom stereocenters. The zero-order valence-corrected chi connectivity index (χ0v) is 19.2. The van der Waals surface area contributed by atoms with Gasteiger partial charge in [0, 0.05) is 9.79 Å². The molecule has 0 fully saturated rings. The molecule has 4 nitrogen and oxygen atoms in total. The zero-order valence-electron chi connectivity index (χ0n) is 18.4. The first-order valence-electron chi connectivity index (χ1n) is 10.4. The van der Waals surface area contributed by atoms with Gasteiger partial charge >= 0.3 is 5.97 Å². The molecule has 0 heterocycles. The van der Waals surface area contributed by atoms with Gasteiger partial charge < -0.3 is 4.84 Å². The van der Waals surface area contributed by atoms with Crippen molar-refractivity contribution in [2.24, 2.45) is 5.16 Å². The Morgan fingerprint density at radius 3 is 2.23 bits per heavy atom. The molecule has 2 rings (SSSR count). The lowest BCUT2D eigenvalue weighted by molar-refractivity contribution is -0.156. The second-order valence-electron chi connectivity index (χ2n) is 7.41. The maximum absolute atomic E-state index is 12.7. The quantitative estimate of drug-likeness (QED) is 0.187. The predicted molar refractivity (Wildman–Crippen MR) is 126 cm³/mol. The van der Waals surface area contributed by atoms with Crippen molar-refractivity contribution < 1.29 is 9.63 Å². The van der Waals surface area contributed by atoms with E-state index in [9.17, 15) is 4.79 Å². The number of allylic oxidation sites excluding steroid dienone is 1.